The van der Waals surface area contributed by atoms with Gasteiger partial charge in [0.25, 0.3) is 11.8 Å². The van der Waals surface area contributed by atoms with Gasteiger partial charge in [0.1, 0.15) is 0 Å². The molecule has 0 saturated carbocycles. The smallest absolute Gasteiger partial charge is 0.255 e. The van der Waals surface area contributed by atoms with E-state index in [2.05, 4.69) is 52.0 Å². The zero-order valence-electron chi connectivity index (χ0n) is 20.2. The molecule has 0 aliphatic carbocycles. The third-order valence-electron chi connectivity index (χ3n) is 6.89. The zero-order chi connectivity index (χ0) is 24.2. The first-order valence-electron chi connectivity index (χ1n) is 12.4. The third kappa shape index (κ3) is 5.38. The van der Waals surface area contributed by atoms with Gasteiger partial charge in [0.05, 0.1) is 11.3 Å². The molecule has 2 heterocycles. The highest BCUT2D eigenvalue weighted by Gasteiger charge is 2.26. The Morgan fingerprint density at radius 3 is 2.60 bits per heavy atom. The summed E-state index contributed by atoms with van der Waals surface area (Å²) in [5.74, 6) is -0.360. The second-order valence-electron chi connectivity index (χ2n) is 9.48. The first-order chi connectivity index (χ1) is 17.1. The molecule has 2 aliphatic rings. The molecular weight excluding hydrogens is 436 g/mol. The van der Waals surface area contributed by atoms with Crippen molar-refractivity contribution in [3.05, 3.63) is 94.0 Å². The average Bonchev–Trinajstić information content (AvgIpc) is 3.51. The maximum Gasteiger partial charge on any atom is 0.255 e. The van der Waals surface area contributed by atoms with Crippen molar-refractivity contribution >= 4 is 23.2 Å². The van der Waals surface area contributed by atoms with Gasteiger partial charge >= 0.3 is 0 Å². The van der Waals surface area contributed by atoms with Crippen molar-refractivity contribution in [3.63, 3.8) is 0 Å². The van der Waals surface area contributed by atoms with Gasteiger partial charge in [-0.25, -0.2) is 0 Å². The zero-order valence-corrected chi connectivity index (χ0v) is 20.2. The molecule has 3 aromatic rings. The van der Waals surface area contributed by atoms with Crippen LogP contribution in [0.5, 0.6) is 0 Å². The van der Waals surface area contributed by atoms with Crippen molar-refractivity contribution in [2.24, 2.45) is 0 Å². The molecule has 6 nitrogen and oxygen atoms in total. The van der Waals surface area contributed by atoms with Crippen LogP contribution in [-0.4, -0.2) is 42.9 Å². The highest BCUT2D eigenvalue weighted by molar-refractivity contribution is 6.10. The minimum absolute atomic E-state index is 0.140. The van der Waals surface area contributed by atoms with Crippen LogP contribution >= 0.6 is 0 Å². The van der Waals surface area contributed by atoms with Gasteiger partial charge in [-0.15, -0.1) is 0 Å². The van der Waals surface area contributed by atoms with Crippen LogP contribution in [0.15, 0.2) is 60.7 Å². The number of nitrogens with zero attached hydrogens (tertiary/aromatic N) is 1. The Morgan fingerprint density at radius 2 is 1.83 bits per heavy atom. The second kappa shape index (κ2) is 10.3. The molecule has 2 amide bonds. The number of aryl methyl sites for hydroxylation is 1. The van der Waals surface area contributed by atoms with Gasteiger partial charge in [-0.1, -0.05) is 35.9 Å². The maximum atomic E-state index is 13.0. The molecule has 180 valence electrons. The minimum Gasteiger partial charge on any atom is -0.384 e. The Balaban J connectivity index is 1.26. The molecule has 0 unspecified atom stereocenters. The van der Waals surface area contributed by atoms with E-state index in [9.17, 15) is 9.59 Å². The van der Waals surface area contributed by atoms with Gasteiger partial charge in [0, 0.05) is 30.9 Å². The van der Waals surface area contributed by atoms with Crippen LogP contribution in [0, 0.1) is 6.92 Å². The Morgan fingerprint density at radius 1 is 1.03 bits per heavy atom. The molecule has 3 N–H and O–H groups in total. The van der Waals surface area contributed by atoms with Crippen molar-refractivity contribution in [3.8, 4) is 0 Å². The average molecular weight is 469 g/mol. The van der Waals surface area contributed by atoms with Crippen molar-refractivity contribution < 1.29 is 9.59 Å². The number of carbonyl (C=O) groups excluding carboxylic acids is 2. The summed E-state index contributed by atoms with van der Waals surface area (Å²) < 4.78 is 0. The summed E-state index contributed by atoms with van der Waals surface area (Å²) in [6.45, 7) is 6.87. The summed E-state index contributed by atoms with van der Waals surface area (Å²) in [5, 5.41) is 9.31. The van der Waals surface area contributed by atoms with Gasteiger partial charge < -0.3 is 20.9 Å². The third-order valence-corrected chi connectivity index (χ3v) is 6.89. The Hall–Kier alpha value is -3.64. The topological polar surface area (TPSA) is 73.5 Å². The van der Waals surface area contributed by atoms with E-state index in [1.54, 1.807) is 0 Å². The highest BCUT2D eigenvalue weighted by atomic mass is 16.2. The fraction of sp³-hybridized carbons (Fsp3) is 0.310. The van der Waals surface area contributed by atoms with Crippen LogP contribution in [0.4, 0.5) is 11.4 Å². The van der Waals surface area contributed by atoms with Crippen molar-refractivity contribution in [1.29, 1.82) is 0 Å². The fourth-order valence-electron chi connectivity index (χ4n) is 5.02. The number of fused-ring (bicyclic) bond motifs is 1. The summed E-state index contributed by atoms with van der Waals surface area (Å²) in [6, 6.07) is 19.8. The Kier molecular flexibility index (Phi) is 6.82. The summed E-state index contributed by atoms with van der Waals surface area (Å²) in [7, 11) is 0. The number of rotatable bonds is 8. The molecule has 2 aliphatic heterocycles. The Bertz CT molecular complexity index is 1230. The highest BCUT2D eigenvalue weighted by Crippen LogP contribution is 2.30. The molecule has 1 fully saturated rings. The number of carbonyl (C=O) groups is 2. The normalized spacial score (nSPS) is 15.1. The quantitative estimate of drug-likeness (QED) is 0.452. The molecule has 0 radical (unpaired) electrons. The van der Waals surface area contributed by atoms with Crippen LogP contribution in [0.25, 0.3) is 0 Å². The summed E-state index contributed by atoms with van der Waals surface area (Å²) in [4.78, 5) is 28.1. The summed E-state index contributed by atoms with van der Waals surface area (Å²) in [5.41, 5.74) is 7.18. The van der Waals surface area contributed by atoms with Crippen molar-refractivity contribution in [1.82, 2.24) is 10.2 Å². The summed E-state index contributed by atoms with van der Waals surface area (Å²) >= 11 is 0. The Labute approximate surface area is 206 Å². The lowest BCUT2D eigenvalue weighted by atomic mass is 9.95. The lowest BCUT2D eigenvalue weighted by Gasteiger charge is -2.15. The maximum absolute atomic E-state index is 13.0. The van der Waals surface area contributed by atoms with Gasteiger partial charge in [-0.3, -0.25) is 9.59 Å². The monoisotopic (exact) mass is 468 g/mol. The predicted molar refractivity (Wildman–Crippen MR) is 140 cm³/mol. The van der Waals surface area contributed by atoms with Crippen molar-refractivity contribution in [2.75, 3.05) is 36.8 Å². The number of hydrogen-bond donors (Lipinski definition) is 3. The molecular formula is C29H32N4O2. The molecule has 0 bridgehead atoms. The number of likely N-dealkylation sites (tertiary alicyclic amines) is 1. The number of benzene rings is 3. The van der Waals surface area contributed by atoms with E-state index < -0.39 is 0 Å². The standard InChI is InChI=1S/C29H32N4O2/c1-20-5-4-6-21(17-20)18-23-9-12-26(27-25(23)19-31-29(27)35)32-28(34)22-7-10-24(11-8-22)30-13-16-33-14-2-3-15-33/h4-12,17,30H,2-3,13-16,18-19H2,1H3,(H,31,35)(H,32,34). The van der Waals surface area contributed by atoms with Gasteiger partial charge in [0.2, 0.25) is 0 Å². The number of amides is 2. The molecule has 0 spiro atoms. The first kappa shape index (κ1) is 23.1. The van der Waals surface area contributed by atoms with E-state index in [0.717, 1.165) is 36.3 Å². The SMILES string of the molecule is Cc1cccc(Cc2ccc(NC(=O)c3ccc(NCCN4CCCC4)cc3)c3c2CNC3=O)c1. The lowest BCUT2D eigenvalue weighted by Crippen LogP contribution is -2.25. The predicted octanol–water partition coefficient (Wildman–Crippen LogP) is 4.59. The molecule has 0 atom stereocenters. The van der Waals surface area contributed by atoms with Crippen LogP contribution in [0.1, 0.15) is 55.8 Å². The number of anilines is 2. The first-order valence-corrected chi connectivity index (χ1v) is 12.4. The van der Waals surface area contributed by atoms with Crippen LogP contribution in [0.2, 0.25) is 0 Å². The van der Waals surface area contributed by atoms with E-state index in [0.29, 0.717) is 23.4 Å². The largest absolute Gasteiger partial charge is 0.384 e. The molecule has 1 saturated heterocycles. The molecule has 3 aromatic carbocycles. The lowest BCUT2D eigenvalue weighted by molar-refractivity contribution is 0.0966. The van der Waals surface area contributed by atoms with Gasteiger partial charge in [-0.2, -0.15) is 0 Å². The van der Waals surface area contributed by atoms with E-state index in [1.165, 1.54) is 37.1 Å². The number of hydrogen-bond acceptors (Lipinski definition) is 4. The van der Waals surface area contributed by atoms with E-state index in [-0.39, 0.29) is 11.8 Å². The minimum atomic E-state index is -0.220. The molecule has 35 heavy (non-hydrogen) atoms. The van der Waals surface area contributed by atoms with E-state index >= 15 is 0 Å². The van der Waals surface area contributed by atoms with Crippen molar-refractivity contribution in [2.45, 2.75) is 32.7 Å². The number of nitrogens with one attached hydrogen (secondary N) is 3. The van der Waals surface area contributed by atoms with E-state index in [4.69, 9.17) is 0 Å². The molecule has 6 heteroatoms. The summed E-state index contributed by atoms with van der Waals surface area (Å²) in [6.07, 6.45) is 3.34. The van der Waals surface area contributed by atoms with Crippen LogP contribution in [0.3, 0.4) is 0 Å². The fourth-order valence-corrected chi connectivity index (χ4v) is 5.02. The second-order valence-corrected chi connectivity index (χ2v) is 9.48. The van der Waals surface area contributed by atoms with Crippen LogP contribution < -0.4 is 16.0 Å². The van der Waals surface area contributed by atoms with Gasteiger partial charge in [-0.05, 0) is 86.3 Å². The van der Waals surface area contributed by atoms with Crippen LogP contribution in [-0.2, 0) is 13.0 Å². The molecule has 5 rings (SSSR count). The van der Waals surface area contributed by atoms with Gasteiger partial charge in [0.15, 0.2) is 0 Å². The molecule has 0 aromatic heterocycles. The van der Waals surface area contributed by atoms with E-state index in [1.807, 2.05) is 36.4 Å².